The summed E-state index contributed by atoms with van der Waals surface area (Å²) in [6, 6.07) is 7.98. The van der Waals surface area contributed by atoms with Crippen LogP contribution in [0.4, 0.5) is 11.4 Å². The largest absolute Gasteiger partial charge is 0.372 e. The molecule has 0 atom stereocenters. The Labute approximate surface area is 150 Å². The Morgan fingerprint density at radius 3 is 2.24 bits per heavy atom. The van der Waals surface area contributed by atoms with Gasteiger partial charge in [0.2, 0.25) is 11.8 Å². The zero-order valence-electron chi connectivity index (χ0n) is 15.3. The van der Waals surface area contributed by atoms with Crippen molar-refractivity contribution in [2.45, 2.75) is 46.0 Å². The van der Waals surface area contributed by atoms with E-state index in [1.807, 2.05) is 26.0 Å². The van der Waals surface area contributed by atoms with Crippen LogP contribution < -0.4 is 15.5 Å². The van der Waals surface area contributed by atoms with Crippen LogP contribution in [0.15, 0.2) is 24.3 Å². The fourth-order valence-corrected chi connectivity index (χ4v) is 3.31. The minimum Gasteiger partial charge on any atom is -0.372 e. The monoisotopic (exact) mass is 343 g/mol. The van der Waals surface area contributed by atoms with Crippen molar-refractivity contribution in [1.82, 2.24) is 5.32 Å². The number of carbonyl (C=O) groups is 2. The van der Waals surface area contributed by atoms with Gasteiger partial charge >= 0.3 is 0 Å². The molecule has 1 saturated heterocycles. The minimum atomic E-state index is -0.861. The number of rotatable bonds is 6. The molecule has 2 aliphatic rings. The average Bonchev–Trinajstić information content (AvgIpc) is 3.43. The summed E-state index contributed by atoms with van der Waals surface area (Å²) in [6.07, 6.45) is 5.06. The highest BCUT2D eigenvalue weighted by molar-refractivity contribution is 6.13. The standard InChI is InChI=1S/C20H29N3O2/c1-15(2)14-21-18(24)20(10-11-20)19(25)22-16-6-8-17(9-7-16)23-12-4-3-5-13-23/h6-9,15H,3-5,10-14H2,1-2H3,(H,21,24)(H,22,25). The third-order valence-electron chi connectivity index (χ3n) is 5.14. The first-order chi connectivity index (χ1) is 12.0. The van der Waals surface area contributed by atoms with Gasteiger partial charge in [0.1, 0.15) is 5.41 Å². The first-order valence-electron chi connectivity index (χ1n) is 9.46. The van der Waals surface area contributed by atoms with Gasteiger partial charge in [-0.25, -0.2) is 0 Å². The number of carbonyl (C=O) groups excluding carboxylic acids is 2. The topological polar surface area (TPSA) is 61.4 Å². The second-order valence-electron chi connectivity index (χ2n) is 7.73. The van der Waals surface area contributed by atoms with Crippen LogP contribution in [0.3, 0.4) is 0 Å². The smallest absolute Gasteiger partial charge is 0.240 e. The van der Waals surface area contributed by atoms with Gasteiger partial charge in [0.25, 0.3) is 0 Å². The highest BCUT2D eigenvalue weighted by atomic mass is 16.2. The summed E-state index contributed by atoms with van der Waals surface area (Å²) >= 11 is 0. The molecule has 1 saturated carbocycles. The van der Waals surface area contributed by atoms with Crippen molar-refractivity contribution in [2.24, 2.45) is 11.3 Å². The van der Waals surface area contributed by atoms with E-state index in [0.717, 1.165) is 18.8 Å². The average molecular weight is 343 g/mol. The van der Waals surface area contributed by atoms with Crippen molar-refractivity contribution in [1.29, 1.82) is 0 Å². The molecule has 5 nitrogen and oxygen atoms in total. The summed E-state index contributed by atoms with van der Waals surface area (Å²) in [5, 5.41) is 5.82. The zero-order valence-corrected chi connectivity index (χ0v) is 15.3. The Hall–Kier alpha value is -2.04. The molecule has 2 N–H and O–H groups in total. The number of piperidine rings is 1. The molecule has 3 rings (SSSR count). The molecule has 1 heterocycles. The van der Waals surface area contributed by atoms with Crippen LogP contribution >= 0.6 is 0 Å². The lowest BCUT2D eigenvalue weighted by molar-refractivity contribution is -0.134. The van der Waals surface area contributed by atoms with E-state index < -0.39 is 5.41 Å². The summed E-state index contributed by atoms with van der Waals surface area (Å²) in [6.45, 7) is 6.90. The van der Waals surface area contributed by atoms with Gasteiger partial charge in [-0.2, -0.15) is 0 Å². The van der Waals surface area contributed by atoms with Gasteiger partial charge in [-0.15, -0.1) is 0 Å². The van der Waals surface area contributed by atoms with Crippen molar-refractivity contribution in [2.75, 3.05) is 29.9 Å². The molecule has 0 unspecified atom stereocenters. The Morgan fingerprint density at radius 1 is 1.04 bits per heavy atom. The van der Waals surface area contributed by atoms with E-state index in [-0.39, 0.29) is 11.8 Å². The highest BCUT2D eigenvalue weighted by Crippen LogP contribution is 2.46. The first kappa shape index (κ1) is 17.8. The van der Waals surface area contributed by atoms with Crippen molar-refractivity contribution < 1.29 is 9.59 Å². The van der Waals surface area contributed by atoms with Crippen molar-refractivity contribution in [3.05, 3.63) is 24.3 Å². The number of nitrogens with zero attached hydrogens (tertiary/aromatic N) is 1. The van der Waals surface area contributed by atoms with Gasteiger partial charge in [0, 0.05) is 31.0 Å². The summed E-state index contributed by atoms with van der Waals surface area (Å²) in [5.41, 5.74) is 1.10. The Kier molecular flexibility index (Phi) is 5.30. The SMILES string of the molecule is CC(C)CNC(=O)C1(C(=O)Nc2ccc(N3CCCCC3)cc2)CC1. The van der Waals surface area contributed by atoms with Crippen molar-refractivity contribution in [3.63, 3.8) is 0 Å². The molecule has 0 radical (unpaired) electrons. The normalized spacial score (nSPS) is 18.8. The first-order valence-corrected chi connectivity index (χ1v) is 9.46. The van der Waals surface area contributed by atoms with Crippen molar-refractivity contribution >= 4 is 23.2 Å². The molecule has 2 fully saturated rings. The second-order valence-corrected chi connectivity index (χ2v) is 7.73. The number of benzene rings is 1. The van der Waals surface area contributed by atoms with E-state index in [1.165, 1.54) is 24.9 Å². The third kappa shape index (κ3) is 4.14. The van der Waals surface area contributed by atoms with Crippen LogP contribution in [0.25, 0.3) is 0 Å². The predicted molar refractivity (Wildman–Crippen MR) is 101 cm³/mol. The molecule has 1 aromatic carbocycles. The van der Waals surface area contributed by atoms with Crippen LogP contribution in [-0.4, -0.2) is 31.4 Å². The molecular weight excluding hydrogens is 314 g/mol. The minimum absolute atomic E-state index is 0.136. The quantitative estimate of drug-likeness (QED) is 0.780. The number of amides is 2. The lowest BCUT2D eigenvalue weighted by atomic mass is 10.0. The number of nitrogens with one attached hydrogen (secondary N) is 2. The van der Waals surface area contributed by atoms with E-state index in [2.05, 4.69) is 27.7 Å². The Bertz CT molecular complexity index is 614. The highest BCUT2D eigenvalue weighted by Gasteiger charge is 2.56. The van der Waals surface area contributed by atoms with Gasteiger partial charge in [-0.05, 0) is 62.3 Å². The molecule has 1 aliphatic carbocycles. The van der Waals surface area contributed by atoms with E-state index in [1.54, 1.807) is 0 Å². The summed E-state index contributed by atoms with van der Waals surface area (Å²) in [7, 11) is 0. The second kappa shape index (κ2) is 7.46. The summed E-state index contributed by atoms with van der Waals surface area (Å²) in [4.78, 5) is 27.3. The molecule has 5 heteroatoms. The van der Waals surface area contributed by atoms with Gasteiger partial charge < -0.3 is 15.5 Å². The third-order valence-corrected chi connectivity index (χ3v) is 5.14. The van der Waals surface area contributed by atoms with E-state index >= 15 is 0 Å². The van der Waals surface area contributed by atoms with Crippen LogP contribution in [0, 0.1) is 11.3 Å². The zero-order chi connectivity index (χ0) is 17.9. The van der Waals surface area contributed by atoms with Crippen LogP contribution in [-0.2, 0) is 9.59 Å². The maximum atomic E-state index is 12.6. The Balaban J connectivity index is 1.58. The number of anilines is 2. The van der Waals surface area contributed by atoms with E-state index in [9.17, 15) is 9.59 Å². The maximum absolute atomic E-state index is 12.6. The van der Waals surface area contributed by atoms with Gasteiger partial charge in [0.05, 0.1) is 0 Å². The van der Waals surface area contributed by atoms with E-state index in [4.69, 9.17) is 0 Å². The Morgan fingerprint density at radius 2 is 1.68 bits per heavy atom. The lowest BCUT2D eigenvalue weighted by Crippen LogP contribution is -2.41. The molecule has 136 valence electrons. The maximum Gasteiger partial charge on any atom is 0.240 e. The summed E-state index contributed by atoms with van der Waals surface area (Å²) in [5.74, 6) is 0.0632. The van der Waals surface area contributed by atoms with Gasteiger partial charge in [-0.1, -0.05) is 13.8 Å². The van der Waals surface area contributed by atoms with Gasteiger partial charge in [-0.3, -0.25) is 9.59 Å². The van der Waals surface area contributed by atoms with Crippen molar-refractivity contribution in [3.8, 4) is 0 Å². The lowest BCUT2D eigenvalue weighted by Gasteiger charge is -2.28. The fourth-order valence-electron chi connectivity index (χ4n) is 3.31. The van der Waals surface area contributed by atoms with Gasteiger partial charge in [0.15, 0.2) is 0 Å². The number of hydrogen-bond acceptors (Lipinski definition) is 3. The number of hydrogen-bond donors (Lipinski definition) is 2. The van der Waals surface area contributed by atoms with Crippen LogP contribution in [0.1, 0.15) is 46.0 Å². The molecule has 25 heavy (non-hydrogen) atoms. The molecular formula is C20H29N3O2. The van der Waals surface area contributed by atoms with Crippen LogP contribution in [0.5, 0.6) is 0 Å². The van der Waals surface area contributed by atoms with Crippen LogP contribution in [0.2, 0.25) is 0 Å². The van der Waals surface area contributed by atoms with E-state index in [0.29, 0.717) is 25.3 Å². The molecule has 0 bridgehead atoms. The predicted octanol–water partition coefficient (Wildman–Crippen LogP) is 3.17. The summed E-state index contributed by atoms with van der Waals surface area (Å²) < 4.78 is 0. The fraction of sp³-hybridized carbons (Fsp3) is 0.600. The molecule has 1 aromatic rings. The molecule has 0 aromatic heterocycles. The molecule has 0 spiro atoms. The molecule has 2 amide bonds. The molecule has 1 aliphatic heterocycles.